The molecule has 2 atom stereocenters. The van der Waals surface area contributed by atoms with Crippen LogP contribution in [0.2, 0.25) is 0 Å². The van der Waals surface area contributed by atoms with Gasteiger partial charge in [-0.3, -0.25) is 4.79 Å². The van der Waals surface area contributed by atoms with E-state index in [0.717, 1.165) is 0 Å². The van der Waals surface area contributed by atoms with Gasteiger partial charge in [0, 0.05) is 11.4 Å². The monoisotopic (exact) mass is 307 g/mol. The summed E-state index contributed by atoms with van der Waals surface area (Å²) in [6.45, 7) is 0. The summed E-state index contributed by atoms with van der Waals surface area (Å²) in [5.74, 6) is -1.61. The SMILES string of the molecule is Nc1nc(CC(=O)NC2CCCC(C(F)(F)F)C2)cs1. The first-order valence-corrected chi connectivity index (χ1v) is 7.28. The van der Waals surface area contributed by atoms with E-state index in [2.05, 4.69) is 10.3 Å². The van der Waals surface area contributed by atoms with E-state index in [1.807, 2.05) is 0 Å². The molecule has 0 bridgehead atoms. The molecule has 1 aromatic heterocycles. The molecule has 3 N–H and O–H groups in total. The molecule has 112 valence electrons. The van der Waals surface area contributed by atoms with E-state index in [4.69, 9.17) is 5.73 Å². The first-order chi connectivity index (χ1) is 9.34. The van der Waals surface area contributed by atoms with Crippen LogP contribution in [-0.4, -0.2) is 23.1 Å². The highest BCUT2D eigenvalue weighted by atomic mass is 32.1. The Bertz CT molecular complexity index is 475. The Labute approximate surface area is 118 Å². The number of carbonyl (C=O) groups excluding carboxylic acids is 1. The highest BCUT2D eigenvalue weighted by Crippen LogP contribution is 2.37. The van der Waals surface area contributed by atoms with Crippen molar-refractivity contribution in [3.63, 3.8) is 0 Å². The quantitative estimate of drug-likeness (QED) is 0.901. The number of rotatable bonds is 3. The van der Waals surface area contributed by atoms with Crippen molar-refractivity contribution in [3.8, 4) is 0 Å². The lowest BCUT2D eigenvalue weighted by atomic mass is 9.85. The molecule has 1 aromatic rings. The van der Waals surface area contributed by atoms with Crippen molar-refractivity contribution < 1.29 is 18.0 Å². The lowest BCUT2D eigenvalue weighted by Crippen LogP contribution is -2.42. The van der Waals surface area contributed by atoms with Crippen molar-refractivity contribution in [2.45, 2.75) is 44.3 Å². The first kappa shape index (κ1) is 15.1. The fraction of sp³-hybridized carbons (Fsp3) is 0.667. The third-order valence-electron chi connectivity index (χ3n) is 3.41. The predicted octanol–water partition coefficient (Wildman–Crippen LogP) is 2.51. The van der Waals surface area contributed by atoms with Crippen molar-refractivity contribution in [1.82, 2.24) is 10.3 Å². The van der Waals surface area contributed by atoms with E-state index in [1.165, 1.54) is 11.3 Å². The van der Waals surface area contributed by atoms with Crippen molar-refractivity contribution in [3.05, 3.63) is 11.1 Å². The Hall–Kier alpha value is -1.31. The summed E-state index contributed by atoms with van der Waals surface area (Å²) in [7, 11) is 0. The number of nitrogens with zero attached hydrogens (tertiary/aromatic N) is 1. The van der Waals surface area contributed by atoms with Crippen LogP contribution in [0.25, 0.3) is 0 Å². The van der Waals surface area contributed by atoms with Gasteiger partial charge in [-0.25, -0.2) is 4.98 Å². The second kappa shape index (κ2) is 5.99. The number of nitrogen functional groups attached to an aromatic ring is 1. The average molecular weight is 307 g/mol. The van der Waals surface area contributed by atoms with E-state index < -0.39 is 18.1 Å². The van der Waals surface area contributed by atoms with Gasteiger partial charge in [0.2, 0.25) is 5.91 Å². The smallest absolute Gasteiger partial charge is 0.375 e. The maximum absolute atomic E-state index is 12.7. The number of nitrogens with one attached hydrogen (secondary N) is 1. The van der Waals surface area contributed by atoms with E-state index in [9.17, 15) is 18.0 Å². The number of aromatic nitrogens is 1. The highest BCUT2D eigenvalue weighted by molar-refractivity contribution is 7.13. The second-order valence-electron chi connectivity index (χ2n) is 5.02. The lowest BCUT2D eigenvalue weighted by molar-refractivity contribution is -0.184. The van der Waals surface area contributed by atoms with E-state index in [1.54, 1.807) is 5.38 Å². The summed E-state index contributed by atoms with van der Waals surface area (Å²) in [6, 6.07) is -0.404. The van der Waals surface area contributed by atoms with Crippen LogP contribution in [0.3, 0.4) is 0 Å². The van der Waals surface area contributed by atoms with Crippen LogP contribution in [0.1, 0.15) is 31.4 Å². The zero-order valence-electron chi connectivity index (χ0n) is 10.7. The number of carbonyl (C=O) groups is 1. The number of hydrogen-bond acceptors (Lipinski definition) is 4. The van der Waals surface area contributed by atoms with E-state index in [-0.39, 0.29) is 25.2 Å². The van der Waals surface area contributed by atoms with Gasteiger partial charge >= 0.3 is 6.18 Å². The molecule has 0 saturated heterocycles. The van der Waals surface area contributed by atoms with Gasteiger partial charge in [-0.15, -0.1) is 11.3 Å². The molecule has 0 aliphatic heterocycles. The number of thiazole rings is 1. The zero-order valence-corrected chi connectivity index (χ0v) is 11.6. The molecule has 1 aliphatic rings. The normalized spacial score (nSPS) is 23.6. The minimum atomic E-state index is -4.17. The number of anilines is 1. The Morgan fingerprint density at radius 2 is 2.25 bits per heavy atom. The molecule has 1 saturated carbocycles. The van der Waals surface area contributed by atoms with Crippen LogP contribution < -0.4 is 11.1 Å². The molecule has 1 amide bonds. The van der Waals surface area contributed by atoms with Crippen LogP contribution in [0, 0.1) is 5.92 Å². The van der Waals surface area contributed by atoms with Crippen LogP contribution in [0.5, 0.6) is 0 Å². The molecule has 4 nitrogen and oxygen atoms in total. The lowest BCUT2D eigenvalue weighted by Gasteiger charge is -2.31. The van der Waals surface area contributed by atoms with Gasteiger partial charge in [0.05, 0.1) is 18.0 Å². The van der Waals surface area contributed by atoms with Gasteiger partial charge in [-0.05, 0) is 19.3 Å². The van der Waals surface area contributed by atoms with Crippen molar-refractivity contribution in [1.29, 1.82) is 0 Å². The summed E-state index contributed by atoms with van der Waals surface area (Å²) in [5.41, 5.74) is 6.00. The van der Waals surface area contributed by atoms with Crippen LogP contribution in [-0.2, 0) is 11.2 Å². The maximum atomic E-state index is 12.7. The third kappa shape index (κ3) is 4.09. The van der Waals surface area contributed by atoms with E-state index in [0.29, 0.717) is 23.7 Å². The number of halogens is 3. The van der Waals surface area contributed by atoms with Crippen molar-refractivity contribution >= 4 is 22.4 Å². The predicted molar refractivity (Wildman–Crippen MR) is 70.2 cm³/mol. The second-order valence-corrected chi connectivity index (χ2v) is 5.91. The fourth-order valence-electron chi connectivity index (χ4n) is 2.47. The van der Waals surface area contributed by atoms with Gasteiger partial charge in [0.15, 0.2) is 5.13 Å². The van der Waals surface area contributed by atoms with Crippen LogP contribution in [0.4, 0.5) is 18.3 Å². The molecule has 0 aromatic carbocycles. The molecule has 2 rings (SSSR count). The number of nitrogens with two attached hydrogens (primary N) is 1. The Morgan fingerprint density at radius 3 is 2.85 bits per heavy atom. The van der Waals surface area contributed by atoms with Crippen LogP contribution in [0.15, 0.2) is 5.38 Å². The van der Waals surface area contributed by atoms with Crippen molar-refractivity contribution in [2.75, 3.05) is 5.73 Å². The van der Waals surface area contributed by atoms with Gasteiger partial charge in [-0.1, -0.05) is 6.42 Å². The topological polar surface area (TPSA) is 68.0 Å². The maximum Gasteiger partial charge on any atom is 0.391 e. The summed E-state index contributed by atoms with van der Waals surface area (Å²) in [5, 5.41) is 4.72. The molecule has 20 heavy (non-hydrogen) atoms. The summed E-state index contributed by atoms with van der Waals surface area (Å²) >= 11 is 1.23. The largest absolute Gasteiger partial charge is 0.391 e. The molecule has 1 fully saturated rings. The standard InChI is InChI=1S/C12H16F3N3OS/c13-12(14,15)7-2-1-3-8(4-7)17-10(19)5-9-6-20-11(16)18-9/h6-8H,1-5H2,(H2,16,18)(H,17,19). The number of hydrogen-bond donors (Lipinski definition) is 2. The van der Waals surface area contributed by atoms with E-state index >= 15 is 0 Å². The number of amides is 1. The summed E-state index contributed by atoms with van der Waals surface area (Å²) in [4.78, 5) is 15.7. The Kier molecular flexibility index (Phi) is 4.52. The Balaban J connectivity index is 1.85. The fourth-order valence-corrected chi connectivity index (χ4v) is 3.03. The average Bonchev–Trinajstić information content (AvgIpc) is 2.73. The minimum absolute atomic E-state index is 0.0333. The molecule has 1 heterocycles. The molecular weight excluding hydrogens is 291 g/mol. The first-order valence-electron chi connectivity index (χ1n) is 6.40. The van der Waals surface area contributed by atoms with Gasteiger partial charge in [0.25, 0.3) is 0 Å². The molecule has 0 radical (unpaired) electrons. The molecule has 1 aliphatic carbocycles. The minimum Gasteiger partial charge on any atom is -0.375 e. The number of alkyl halides is 3. The van der Waals surface area contributed by atoms with Crippen molar-refractivity contribution in [2.24, 2.45) is 5.92 Å². The summed E-state index contributed by atoms with van der Waals surface area (Å²) in [6.07, 6.45) is -2.92. The third-order valence-corrected chi connectivity index (χ3v) is 4.14. The Morgan fingerprint density at radius 1 is 1.50 bits per heavy atom. The van der Waals surface area contributed by atoms with Gasteiger partial charge in [0.1, 0.15) is 0 Å². The summed E-state index contributed by atoms with van der Waals surface area (Å²) < 4.78 is 38.0. The molecule has 0 spiro atoms. The highest BCUT2D eigenvalue weighted by Gasteiger charge is 2.42. The molecule has 8 heteroatoms. The molecule has 2 unspecified atom stereocenters. The molecular formula is C12H16F3N3OS. The van der Waals surface area contributed by atoms with Gasteiger partial charge < -0.3 is 11.1 Å². The zero-order chi connectivity index (χ0) is 14.8. The van der Waals surface area contributed by atoms with Crippen LogP contribution >= 0.6 is 11.3 Å². The van der Waals surface area contributed by atoms with Gasteiger partial charge in [-0.2, -0.15) is 13.2 Å².